The highest BCUT2D eigenvalue weighted by Crippen LogP contribution is 2.26. The minimum atomic E-state index is -3.54. The van der Waals surface area contributed by atoms with Crippen molar-refractivity contribution in [2.24, 2.45) is 5.92 Å². The minimum absolute atomic E-state index is 0.100. The van der Waals surface area contributed by atoms with Crippen molar-refractivity contribution in [2.75, 3.05) is 18.5 Å². The number of carbonyl (C=O) groups excluding carboxylic acids is 1. The summed E-state index contributed by atoms with van der Waals surface area (Å²) in [6.07, 6.45) is 1.65. The Bertz CT molecular complexity index is 1040. The second kappa shape index (κ2) is 12.3. The fraction of sp³-hybridized carbons (Fsp3) is 0.364. The average Bonchev–Trinajstić information content (AvgIpc) is 2.73. The first kappa shape index (κ1) is 26.2. The molecule has 10 heteroatoms. The number of amides is 1. The first-order chi connectivity index (χ1) is 15.1. The summed E-state index contributed by atoms with van der Waals surface area (Å²) < 4.78 is 33.2. The van der Waals surface area contributed by atoms with Gasteiger partial charge in [0.15, 0.2) is 5.11 Å². The Morgan fingerprint density at radius 3 is 2.44 bits per heavy atom. The van der Waals surface area contributed by atoms with Crippen LogP contribution in [0.4, 0.5) is 5.69 Å². The van der Waals surface area contributed by atoms with Gasteiger partial charge in [-0.15, -0.1) is 0 Å². The van der Waals surface area contributed by atoms with E-state index in [0.717, 1.165) is 6.42 Å². The van der Waals surface area contributed by atoms with Gasteiger partial charge < -0.3 is 10.1 Å². The monoisotopic (exact) mass is 541 g/mol. The summed E-state index contributed by atoms with van der Waals surface area (Å²) in [5, 5.41) is 5.59. The lowest BCUT2D eigenvalue weighted by molar-refractivity contribution is 0.0977. The second-order valence-electron chi connectivity index (χ2n) is 7.51. The number of thiocarbonyl (C=S) groups is 1. The van der Waals surface area contributed by atoms with E-state index in [9.17, 15) is 13.2 Å². The minimum Gasteiger partial charge on any atom is -0.492 e. The van der Waals surface area contributed by atoms with Crippen LogP contribution in [0, 0.1) is 5.92 Å². The highest BCUT2D eigenvalue weighted by molar-refractivity contribution is 9.10. The molecule has 0 aliphatic rings. The van der Waals surface area contributed by atoms with E-state index in [2.05, 4.69) is 45.1 Å². The van der Waals surface area contributed by atoms with Crippen LogP contribution in [0.1, 0.15) is 44.0 Å². The van der Waals surface area contributed by atoms with Crippen molar-refractivity contribution >= 4 is 54.9 Å². The number of anilines is 1. The molecular weight excluding hydrogens is 514 g/mol. The van der Waals surface area contributed by atoms with E-state index < -0.39 is 10.0 Å². The Balaban J connectivity index is 1.94. The zero-order valence-corrected chi connectivity index (χ0v) is 21.5. The predicted molar refractivity (Wildman–Crippen MR) is 135 cm³/mol. The van der Waals surface area contributed by atoms with Crippen molar-refractivity contribution < 1.29 is 17.9 Å². The molecule has 0 fully saturated rings. The lowest BCUT2D eigenvalue weighted by Gasteiger charge is -2.12. The summed E-state index contributed by atoms with van der Waals surface area (Å²) in [5.41, 5.74) is 0.973. The van der Waals surface area contributed by atoms with Crippen molar-refractivity contribution in [3.8, 4) is 5.75 Å². The first-order valence-electron chi connectivity index (χ1n) is 10.3. The SMILES string of the molecule is CCCNS(=O)(=O)c1ccc(NC(=S)NC(=O)c2ccc(OCCC(C)C)c(Br)c2)cc1. The number of benzene rings is 2. The Morgan fingerprint density at radius 2 is 1.84 bits per heavy atom. The van der Waals surface area contributed by atoms with Gasteiger partial charge in [0.25, 0.3) is 5.91 Å². The zero-order valence-electron chi connectivity index (χ0n) is 18.3. The van der Waals surface area contributed by atoms with Gasteiger partial charge >= 0.3 is 0 Å². The number of rotatable bonds is 10. The molecule has 0 atom stereocenters. The molecule has 2 rings (SSSR count). The molecular formula is C22H28BrN3O4S2. The normalized spacial score (nSPS) is 11.3. The van der Waals surface area contributed by atoms with Gasteiger partial charge in [-0.25, -0.2) is 13.1 Å². The summed E-state index contributed by atoms with van der Waals surface area (Å²) in [7, 11) is -3.54. The van der Waals surface area contributed by atoms with Gasteiger partial charge in [-0.3, -0.25) is 10.1 Å². The molecule has 0 heterocycles. The molecule has 0 radical (unpaired) electrons. The largest absolute Gasteiger partial charge is 0.492 e. The molecule has 0 unspecified atom stereocenters. The fourth-order valence-electron chi connectivity index (χ4n) is 2.54. The Hall–Kier alpha value is -2.01. The fourth-order valence-corrected chi connectivity index (χ4v) is 4.38. The number of sulfonamides is 1. The Morgan fingerprint density at radius 1 is 1.16 bits per heavy atom. The van der Waals surface area contributed by atoms with E-state index in [1.54, 1.807) is 30.3 Å². The van der Waals surface area contributed by atoms with Gasteiger partial charge in [0, 0.05) is 17.8 Å². The average molecular weight is 543 g/mol. The zero-order chi connectivity index (χ0) is 23.7. The van der Waals surface area contributed by atoms with Crippen molar-refractivity contribution in [3.05, 3.63) is 52.5 Å². The quantitative estimate of drug-likeness (QED) is 0.377. The van der Waals surface area contributed by atoms with Gasteiger partial charge in [-0.05, 0) is 89.4 Å². The Labute approximate surface area is 203 Å². The van der Waals surface area contributed by atoms with E-state index in [-0.39, 0.29) is 15.9 Å². The molecule has 0 aromatic heterocycles. The van der Waals surface area contributed by atoms with E-state index in [0.29, 0.717) is 47.0 Å². The summed E-state index contributed by atoms with van der Waals surface area (Å²) in [6.45, 7) is 7.12. The molecule has 0 aliphatic heterocycles. The van der Waals surface area contributed by atoms with Gasteiger partial charge in [0.05, 0.1) is 16.0 Å². The highest BCUT2D eigenvalue weighted by Gasteiger charge is 2.14. The van der Waals surface area contributed by atoms with Crippen LogP contribution in [0.2, 0.25) is 0 Å². The van der Waals surface area contributed by atoms with E-state index in [1.165, 1.54) is 12.1 Å². The maximum atomic E-state index is 12.5. The van der Waals surface area contributed by atoms with Crippen LogP contribution in [0.15, 0.2) is 51.8 Å². The lowest BCUT2D eigenvalue weighted by atomic mass is 10.1. The lowest BCUT2D eigenvalue weighted by Crippen LogP contribution is -2.34. The van der Waals surface area contributed by atoms with E-state index >= 15 is 0 Å². The molecule has 0 bridgehead atoms. The van der Waals surface area contributed by atoms with Gasteiger partial charge in [-0.2, -0.15) is 0 Å². The number of halogens is 1. The summed E-state index contributed by atoms with van der Waals surface area (Å²) in [6, 6.07) is 11.2. The third-order valence-electron chi connectivity index (χ3n) is 4.34. The predicted octanol–water partition coefficient (Wildman–Crippen LogP) is 4.69. The van der Waals surface area contributed by atoms with Crippen molar-refractivity contribution in [1.29, 1.82) is 0 Å². The van der Waals surface area contributed by atoms with Gasteiger partial charge in [-0.1, -0.05) is 20.8 Å². The molecule has 7 nitrogen and oxygen atoms in total. The van der Waals surface area contributed by atoms with Gasteiger partial charge in [0.2, 0.25) is 10.0 Å². The molecule has 0 saturated heterocycles. The molecule has 0 saturated carbocycles. The van der Waals surface area contributed by atoms with Crippen LogP contribution >= 0.6 is 28.1 Å². The highest BCUT2D eigenvalue weighted by atomic mass is 79.9. The number of hydrogen-bond acceptors (Lipinski definition) is 5. The van der Waals surface area contributed by atoms with E-state index in [1.807, 2.05) is 6.92 Å². The van der Waals surface area contributed by atoms with Gasteiger partial charge in [0.1, 0.15) is 5.75 Å². The molecule has 0 spiro atoms. The second-order valence-corrected chi connectivity index (χ2v) is 10.5. The molecule has 3 N–H and O–H groups in total. The van der Waals surface area contributed by atoms with Crippen molar-refractivity contribution in [3.63, 3.8) is 0 Å². The number of carbonyl (C=O) groups is 1. The number of ether oxygens (including phenoxy) is 1. The molecule has 2 aromatic rings. The summed E-state index contributed by atoms with van der Waals surface area (Å²) in [4.78, 5) is 12.7. The Kier molecular flexibility index (Phi) is 10.1. The van der Waals surface area contributed by atoms with Crippen LogP contribution in [0.25, 0.3) is 0 Å². The molecule has 1 amide bonds. The summed E-state index contributed by atoms with van der Waals surface area (Å²) in [5.74, 6) is 0.844. The molecule has 32 heavy (non-hydrogen) atoms. The van der Waals surface area contributed by atoms with E-state index in [4.69, 9.17) is 17.0 Å². The van der Waals surface area contributed by atoms with Crippen molar-refractivity contribution in [1.82, 2.24) is 10.0 Å². The third-order valence-corrected chi connectivity index (χ3v) is 6.64. The van der Waals surface area contributed by atoms with Crippen LogP contribution in [-0.2, 0) is 10.0 Å². The maximum Gasteiger partial charge on any atom is 0.257 e. The van der Waals surface area contributed by atoms with Crippen LogP contribution in [0.3, 0.4) is 0 Å². The third kappa shape index (κ3) is 8.16. The smallest absolute Gasteiger partial charge is 0.257 e. The number of hydrogen-bond donors (Lipinski definition) is 3. The first-order valence-corrected chi connectivity index (χ1v) is 12.9. The van der Waals surface area contributed by atoms with Crippen molar-refractivity contribution in [2.45, 2.75) is 38.5 Å². The van der Waals surface area contributed by atoms with Crippen LogP contribution < -0.4 is 20.1 Å². The van der Waals surface area contributed by atoms with Crippen LogP contribution in [0.5, 0.6) is 5.75 Å². The molecule has 174 valence electrons. The molecule has 2 aromatic carbocycles. The summed E-state index contributed by atoms with van der Waals surface area (Å²) >= 11 is 8.64. The number of nitrogens with one attached hydrogen (secondary N) is 3. The maximum absolute atomic E-state index is 12.5. The standard InChI is InChI=1S/C22H28BrN3O4S2/c1-4-12-24-32(28,29)18-8-6-17(7-9-18)25-22(31)26-21(27)16-5-10-20(19(23)14-16)30-13-11-15(2)3/h5-10,14-15,24H,4,11-13H2,1-3H3,(H2,25,26,27,31). The van der Waals surface area contributed by atoms with Crippen LogP contribution in [-0.4, -0.2) is 32.6 Å². The topological polar surface area (TPSA) is 96.5 Å². The molecule has 0 aliphatic carbocycles.